The third-order valence-corrected chi connectivity index (χ3v) is 12.6. The molecule has 2 aliphatic heterocycles. The van der Waals surface area contributed by atoms with E-state index in [1.165, 1.54) is 6.92 Å². The Bertz CT molecular complexity index is 1180. The van der Waals surface area contributed by atoms with Crippen molar-refractivity contribution < 1.29 is 28.6 Å². The molecule has 0 bridgehead atoms. The largest absolute Gasteiger partial charge is 0.435 e. The van der Waals surface area contributed by atoms with Crippen LogP contribution in [-0.4, -0.2) is 29.8 Å². The number of ketones is 1. The van der Waals surface area contributed by atoms with Crippen LogP contribution in [0.15, 0.2) is 22.8 Å². The van der Waals surface area contributed by atoms with Gasteiger partial charge in [0.2, 0.25) is 12.1 Å². The second-order valence-electron chi connectivity index (χ2n) is 14.5. The van der Waals surface area contributed by atoms with Crippen LogP contribution in [0, 0.1) is 39.4 Å². The minimum atomic E-state index is -1.13. The third kappa shape index (κ3) is 3.31. The molecule has 2 saturated carbocycles. The van der Waals surface area contributed by atoms with E-state index in [0.29, 0.717) is 30.1 Å². The van der Waals surface area contributed by atoms with Crippen LogP contribution in [0.5, 0.6) is 0 Å². The van der Waals surface area contributed by atoms with Gasteiger partial charge in [-0.05, 0) is 86.0 Å². The number of ether oxygens (including phenoxy) is 3. The molecule has 6 rings (SSSR count). The van der Waals surface area contributed by atoms with Gasteiger partial charge in [0.15, 0.2) is 0 Å². The normalized spacial score (nSPS) is 47.4. The summed E-state index contributed by atoms with van der Waals surface area (Å²) in [4.78, 5) is 37.3. The maximum absolute atomic E-state index is 12.9. The number of carbonyl (C=O) groups excluding carboxylic acids is 3. The summed E-state index contributed by atoms with van der Waals surface area (Å²) < 4.78 is 17.7. The number of allylic oxidation sites excluding steroid dienone is 2. The topological polar surface area (TPSA) is 78.9 Å². The average Bonchev–Trinajstić information content (AvgIpc) is 3.40. The van der Waals surface area contributed by atoms with Gasteiger partial charge in [-0.15, -0.1) is 0 Å². The fraction of sp³-hybridized carbons (Fsp3) is 0.781. The Morgan fingerprint density at radius 2 is 1.71 bits per heavy atom. The second-order valence-corrected chi connectivity index (χ2v) is 14.5. The fourth-order valence-corrected chi connectivity index (χ4v) is 10.4. The summed E-state index contributed by atoms with van der Waals surface area (Å²) in [6.45, 7) is 14.9. The van der Waals surface area contributed by atoms with E-state index in [-0.39, 0.29) is 45.4 Å². The van der Waals surface area contributed by atoms with Crippen LogP contribution in [0.25, 0.3) is 0 Å². The van der Waals surface area contributed by atoms with E-state index in [4.69, 9.17) is 14.2 Å². The molecule has 8 atom stereocenters. The molecule has 2 heterocycles. The van der Waals surface area contributed by atoms with Crippen molar-refractivity contribution in [1.29, 1.82) is 0 Å². The summed E-state index contributed by atoms with van der Waals surface area (Å²) in [5.74, 6) is -0.784. The molecule has 3 fully saturated rings. The number of hydrogen-bond donors (Lipinski definition) is 0. The Balaban J connectivity index is 1.36. The highest BCUT2D eigenvalue weighted by Gasteiger charge is 2.66. The van der Waals surface area contributed by atoms with Crippen LogP contribution in [0.4, 0.5) is 0 Å². The van der Waals surface area contributed by atoms with Crippen LogP contribution < -0.4 is 0 Å². The van der Waals surface area contributed by atoms with Gasteiger partial charge in [-0.25, -0.2) is 4.79 Å². The van der Waals surface area contributed by atoms with Crippen LogP contribution in [-0.2, 0) is 28.6 Å². The van der Waals surface area contributed by atoms with E-state index in [9.17, 15) is 14.4 Å². The van der Waals surface area contributed by atoms with E-state index < -0.39 is 12.1 Å². The van der Waals surface area contributed by atoms with Gasteiger partial charge in [-0.1, -0.05) is 45.8 Å². The van der Waals surface area contributed by atoms with Crippen molar-refractivity contribution in [1.82, 2.24) is 0 Å². The summed E-state index contributed by atoms with van der Waals surface area (Å²) in [6, 6.07) is 0. The van der Waals surface area contributed by atoms with Crippen LogP contribution >= 0.6 is 0 Å². The van der Waals surface area contributed by atoms with Crippen LogP contribution in [0.3, 0.4) is 0 Å². The van der Waals surface area contributed by atoms with Gasteiger partial charge in [0, 0.05) is 36.7 Å². The lowest BCUT2D eigenvalue weighted by molar-refractivity contribution is -0.236. The van der Waals surface area contributed by atoms with Crippen molar-refractivity contribution in [2.24, 2.45) is 39.4 Å². The minimum absolute atomic E-state index is 0.0222. The SMILES string of the molecule is CC(=O)OC1OC2(C=C(C)C(=O)O2)CC1C1CCC2(C)C3=C(CCC12C)C1(C)CCC(=O)C(C)(C)C1CC3. The summed E-state index contributed by atoms with van der Waals surface area (Å²) in [7, 11) is 0. The quantitative estimate of drug-likeness (QED) is 0.306. The van der Waals surface area contributed by atoms with E-state index >= 15 is 0 Å². The van der Waals surface area contributed by atoms with Crippen molar-refractivity contribution in [2.45, 2.75) is 118 Å². The molecule has 1 spiro atoms. The molecule has 0 aromatic heterocycles. The highest BCUT2D eigenvalue weighted by molar-refractivity contribution is 5.90. The molecule has 0 radical (unpaired) electrons. The van der Waals surface area contributed by atoms with Gasteiger partial charge >= 0.3 is 11.9 Å². The number of esters is 2. The maximum Gasteiger partial charge on any atom is 0.336 e. The lowest BCUT2D eigenvalue weighted by Gasteiger charge is -2.60. The molecule has 0 N–H and O–H groups in total. The van der Waals surface area contributed by atoms with Crippen molar-refractivity contribution in [3.8, 4) is 0 Å². The smallest absolute Gasteiger partial charge is 0.336 e. The molecule has 6 heteroatoms. The van der Waals surface area contributed by atoms with Crippen LogP contribution in [0.2, 0.25) is 0 Å². The molecule has 6 nitrogen and oxygen atoms in total. The first-order valence-corrected chi connectivity index (χ1v) is 14.7. The molecular weight excluding hydrogens is 480 g/mol. The number of hydrogen-bond acceptors (Lipinski definition) is 6. The molecule has 0 amide bonds. The number of fused-ring (bicyclic) bond motifs is 4. The Morgan fingerprint density at radius 1 is 0.974 bits per heavy atom. The monoisotopic (exact) mass is 524 g/mol. The fourth-order valence-electron chi connectivity index (χ4n) is 10.4. The van der Waals surface area contributed by atoms with Gasteiger partial charge in [-0.3, -0.25) is 14.3 Å². The first kappa shape index (κ1) is 26.3. The molecule has 1 saturated heterocycles. The van der Waals surface area contributed by atoms with Crippen LogP contribution in [0.1, 0.15) is 106 Å². The van der Waals surface area contributed by atoms with E-state index in [1.807, 2.05) is 0 Å². The second kappa shape index (κ2) is 8.05. The zero-order chi connectivity index (χ0) is 27.5. The van der Waals surface area contributed by atoms with Gasteiger partial charge in [0.05, 0.1) is 0 Å². The molecule has 208 valence electrons. The Hall–Kier alpha value is -1.95. The van der Waals surface area contributed by atoms with Gasteiger partial charge in [0.1, 0.15) is 5.78 Å². The van der Waals surface area contributed by atoms with E-state index in [0.717, 1.165) is 44.9 Å². The van der Waals surface area contributed by atoms with Crippen molar-refractivity contribution >= 4 is 17.7 Å². The first-order valence-electron chi connectivity index (χ1n) is 14.7. The lowest BCUT2D eigenvalue weighted by Crippen LogP contribution is -2.54. The molecule has 38 heavy (non-hydrogen) atoms. The molecule has 4 aliphatic carbocycles. The van der Waals surface area contributed by atoms with Crippen molar-refractivity contribution in [2.75, 3.05) is 0 Å². The molecular formula is C32H44O6. The Labute approximate surface area is 226 Å². The number of rotatable bonds is 2. The predicted octanol–water partition coefficient (Wildman–Crippen LogP) is 6.43. The summed E-state index contributed by atoms with van der Waals surface area (Å²) in [5, 5.41) is 0. The highest BCUT2D eigenvalue weighted by Crippen LogP contribution is 2.73. The molecule has 0 aromatic rings. The average molecular weight is 525 g/mol. The van der Waals surface area contributed by atoms with Gasteiger partial charge in [0.25, 0.3) is 0 Å². The number of Topliss-reactive ketones (excluding diaryl/α,β-unsaturated/α-hetero) is 1. The van der Waals surface area contributed by atoms with Crippen molar-refractivity contribution in [3.05, 3.63) is 22.8 Å². The van der Waals surface area contributed by atoms with Gasteiger partial charge < -0.3 is 9.47 Å². The predicted molar refractivity (Wildman–Crippen MR) is 141 cm³/mol. The molecule has 6 aliphatic rings. The molecule has 0 aromatic carbocycles. The minimum Gasteiger partial charge on any atom is -0.435 e. The van der Waals surface area contributed by atoms with Crippen molar-refractivity contribution in [3.63, 3.8) is 0 Å². The van der Waals surface area contributed by atoms with E-state index in [1.54, 1.807) is 24.1 Å². The maximum atomic E-state index is 12.9. The number of carbonyl (C=O) groups is 3. The molecule has 8 unspecified atom stereocenters. The summed E-state index contributed by atoms with van der Waals surface area (Å²) >= 11 is 0. The third-order valence-electron chi connectivity index (χ3n) is 12.6. The zero-order valence-corrected chi connectivity index (χ0v) is 24.2. The zero-order valence-electron chi connectivity index (χ0n) is 24.2. The Kier molecular flexibility index (Phi) is 5.57. The summed E-state index contributed by atoms with van der Waals surface area (Å²) in [6.07, 6.45) is 9.66. The lowest BCUT2D eigenvalue weighted by atomic mass is 9.43. The first-order chi connectivity index (χ1) is 17.7. The highest BCUT2D eigenvalue weighted by atomic mass is 16.8. The Morgan fingerprint density at radius 3 is 2.37 bits per heavy atom. The van der Waals surface area contributed by atoms with Gasteiger partial charge in [-0.2, -0.15) is 0 Å². The summed E-state index contributed by atoms with van der Waals surface area (Å²) in [5.41, 5.74) is 3.75. The standard InChI is InChI=1S/C32H44O6/c1-18-16-32(37-26(18)35)17-20(27(38-32)36-19(2)33)21-10-14-31(7)23-8-9-24-28(3,4)25(34)12-13-29(24,5)22(23)11-15-30(21,31)6/h16,20-21,24,27H,8-15,17H2,1-7H3. The van der Waals surface area contributed by atoms with E-state index in [2.05, 4.69) is 34.6 Å².